The maximum Gasteiger partial charge on any atom is 0.157 e. The molecule has 0 saturated carbocycles. The van der Waals surface area contributed by atoms with Gasteiger partial charge in [-0.15, -0.1) is 0 Å². The number of anilines is 3. The quantitative estimate of drug-likeness (QED) is 0.681. The molecule has 1 aromatic carbocycles. The molecule has 3 heterocycles. The number of aromatic nitrogens is 3. The Morgan fingerprint density at radius 1 is 1.14 bits per heavy atom. The molecule has 28 heavy (non-hydrogen) atoms. The average molecular weight is 377 g/mol. The van der Waals surface area contributed by atoms with Gasteiger partial charge >= 0.3 is 0 Å². The van der Waals surface area contributed by atoms with Crippen LogP contribution in [0.3, 0.4) is 0 Å². The summed E-state index contributed by atoms with van der Waals surface area (Å²) < 4.78 is 5.94. The number of nitrogens with zero attached hydrogens (tertiary/aromatic N) is 4. The Balaban J connectivity index is 1.55. The molecule has 0 fully saturated rings. The summed E-state index contributed by atoms with van der Waals surface area (Å²) in [5, 5.41) is 12.7. The molecule has 4 rings (SSSR count). The third kappa shape index (κ3) is 3.75. The number of aliphatic hydroxyl groups is 1. The van der Waals surface area contributed by atoms with E-state index in [0.29, 0.717) is 12.3 Å². The summed E-state index contributed by atoms with van der Waals surface area (Å²) in [5.74, 6) is 2.25. The molecule has 0 saturated heterocycles. The molecule has 2 aromatic heterocycles. The van der Waals surface area contributed by atoms with E-state index < -0.39 is 0 Å². The molecule has 0 unspecified atom stereocenters. The van der Waals surface area contributed by atoms with Gasteiger partial charge in [-0.05, 0) is 49.7 Å². The highest BCUT2D eigenvalue weighted by Crippen LogP contribution is 2.35. The molecule has 0 spiro atoms. The number of aryl methyl sites for hydroxylation is 2. The number of hydrogen-bond acceptors (Lipinski definition) is 7. The van der Waals surface area contributed by atoms with Gasteiger partial charge in [-0.1, -0.05) is 0 Å². The van der Waals surface area contributed by atoms with Crippen LogP contribution in [0.15, 0.2) is 42.9 Å². The number of ether oxygens (including phenoxy) is 1. The van der Waals surface area contributed by atoms with E-state index in [2.05, 4.69) is 25.2 Å². The van der Waals surface area contributed by atoms with Crippen molar-refractivity contribution in [1.82, 2.24) is 15.0 Å². The van der Waals surface area contributed by atoms with Crippen LogP contribution in [0.4, 0.5) is 17.2 Å². The van der Waals surface area contributed by atoms with Gasteiger partial charge in [0.05, 0.1) is 18.5 Å². The normalized spacial score (nSPS) is 12.8. The molecule has 2 N–H and O–H groups in total. The number of hydrogen-bond donors (Lipinski definition) is 2. The van der Waals surface area contributed by atoms with Crippen LogP contribution in [0, 0.1) is 13.8 Å². The average Bonchev–Trinajstić information content (AvgIpc) is 3.10. The predicted molar refractivity (Wildman–Crippen MR) is 109 cm³/mol. The minimum Gasteiger partial charge on any atom is -0.455 e. The van der Waals surface area contributed by atoms with Crippen molar-refractivity contribution >= 4 is 17.2 Å². The van der Waals surface area contributed by atoms with Gasteiger partial charge in [-0.2, -0.15) is 0 Å². The smallest absolute Gasteiger partial charge is 0.157 e. The number of nitrogens with one attached hydrogen (secondary N) is 1. The van der Waals surface area contributed by atoms with Crippen molar-refractivity contribution in [3.05, 3.63) is 59.8 Å². The summed E-state index contributed by atoms with van der Waals surface area (Å²) in [6, 6.07) is 9.76. The molecule has 0 bridgehead atoms. The summed E-state index contributed by atoms with van der Waals surface area (Å²) in [7, 11) is 0. The fraction of sp³-hybridized carbons (Fsp3) is 0.286. The van der Waals surface area contributed by atoms with Crippen LogP contribution in [0.25, 0.3) is 0 Å². The first-order chi connectivity index (χ1) is 13.6. The second-order valence-corrected chi connectivity index (χ2v) is 6.82. The van der Waals surface area contributed by atoms with E-state index in [-0.39, 0.29) is 6.61 Å². The van der Waals surface area contributed by atoms with Crippen molar-refractivity contribution in [2.75, 3.05) is 29.9 Å². The zero-order valence-corrected chi connectivity index (χ0v) is 16.0. The largest absolute Gasteiger partial charge is 0.455 e. The fourth-order valence-electron chi connectivity index (χ4n) is 3.34. The topological polar surface area (TPSA) is 83.4 Å². The zero-order valence-electron chi connectivity index (χ0n) is 16.0. The summed E-state index contributed by atoms with van der Waals surface area (Å²) in [6.07, 6.45) is 4.17. The van der Waals surface area contributed by atoms with E-state index in [9.17, 15) is 5.11 Å². The molecule has 7 heteroatoms. The van der Waals surface area contributed by atoms with Crippen LogP contribution in [0.5, 0.6) is 11.5 Å². The lowest BCUT2D eigenvalue weighted by molar-refractivity contribution is 0.303. The Morgan fingerprint density at radius 3 is 2.79 bits per heavy atom. The van der Waals surface area contributed by atoms with Crippen LogP contribution in [-0.4, -0.2) is 39.8 Å². The van der Waals surface area contributed by atoms with Gasteiger partial charge in [0.1, 0.15) is 23.5 Å². The first-order valence-electron chi connectivity index (χ1n) is 9.32. The number of aliphatic hydroxyl groups excluding tert-OH is 1. The Morgan fingerprint density at radius 2 is 2.04 bits per heavy atom. The van der Waals surface area contributed by atoms with Crippen LogP contribution in [0.2, 0.25) is 0 Å². The van der Waals surface area contributed by atoms with E-state index >= 15 is 0 Å². The zero-order chi connectivity index (χ0) is 19.5. The van der Waals surface area contributed by atoms with Crippen molar-refractivity contribution in [2.24, 2.45) is 0 Å². The lowest BCUT2D eigenvalue weighted by Crippen LogP contribution is -2.25. The van der Waals surface area contributed by atoms with Crippen LogP contribution >= 0.6 is 0 Å². The van der Waals surface area contributed by atoms with Gasteiger partial charge in [-0.3, -0.25) is 4.98 Å². The van der Waals surface area contributed by atoms with Crippen LogP contribution in [0.1, 0.15) is 17.0 Å². The highest BCUT2D eigenvalue weighted by molar-refractivity contribution is 5.75. The van der Waals surface area contributed by atoms with E-state index in [4.69, 9.17) is 4.74 Å². The summed E-state index contributed by atoms with van der Waals surface area (Å²) in [4.78, 5) is 15.2. The lowest BCUT2D eigenvalue weighted by atomic mass is 10.2. The molecular formula is C21H23N5O2. The minimum absolute atomic E-state index is 0.104. The van der Waals surface area contributed by atoms with Crippen LogP contribution in [-0.2, 0) is 6.42 Å². The number of β-amino-alcohol motifs (C(OH)–C–C–N with tert-alkyl or cyclic N) is 1. The van der Waals surface area contributed by atoms with Crippen molar-refractivity contribution < 1.29 is 9.84 Å². The molecule has 0 aliphatic carbocycles. The van der Waals surface area contributed by atoms with E-state index in [0.717, 1.165) is 52.9 Å². The molecule has 0 atom stereocenters. The maximum absolute atomic E-state index is 9.31. The van der Waals surface area contributed by atoms with Gasteiger partial charge in [0.15, 0.2) is 5.82 Å². The fourth-order valence-corrected chi connectivity index (χ4v) is 3.34. The molecule has 7 nitrogen and oxygen atoms in total. The molecular weight excluding hydrogens is 354 g/mol. The Labute approximate surface area is 164 Å². The third-order valence-corrected chi connectivity index (χ3v) is 4.75. The highest BCUT2D eigenvalue weighted by atomic mass is 16.5. The SMILES string of the molecule is Cc1ccc(Oc2ccc(Nc3ncnc4c3N(CCO)CC4)cc2C)cn1. The van der Waals surface area contributed by atoms with Gasteiger partial charge in [0.2, 0.25) is 0 Å². The van der Waals surface area contributed by atoms with Crippen molar-refractivity contribution in [3.63, 3.8) is 0 Å². The number of benzene rings is 1. The minimum atomic E-state index is 0.104. The number of pyridine rings is 1. The molecule has 3 aromatic rings. The predicted octanol–water partition coefficient (Wildman–Crippen LogP) is 3.38. The van der Waals surface area contributed by atoms with E-state index in [1.165, 1.54) is 0 Å². The van der Waals surface area contributed by atoms with E-state index in [1.807, 2.05) is 44.2 Å². The number of fused-ring (bicyclic) bond motifs is 1. The van der Waals surface area contributed by atoms with Crippen molar-refractivity contribution in [3.8, 4) is 11.5 Å². The molecule has 144 valence electrons. The Hall–Kier alpha value is -3.19. The molecule has 0 amide bonds. The summed E-state index contributed by atoms with van der Waals surface area (Å²) in [6.45, 7) is 5.48. The van der Waals surface area contributed by atoms with Gasteiger partial charge in [0.25, 0.3) is 0 Å². The van der Waals surface area contributed by atoms with Crippen molar-refractivity contribution in [2.45, 2.75) is 20.3 Å². The summed E-state index contributed by atoms with van der Waals surface area (Å²) >= 11 is 0. The maximum atomic E-state index is 9.31. The third-order valence-electron chi connectivity index (χ3n) is 4.75. The first-order valence-corrected chi connectivity index (χ1v) is 9.32. The highest BCUT2D eigenvalue weighted by Gasteiger charge is 2.24. The van der Waals surface area contributed by atoms with Gasteiger partial charge in [-0.25, -0.2) is 9.97 Å². The Kier molecular flexibility index (Phi) is 5.08. The second kappa shape index (κ2) is 7.82. The standard InChI is InChI=1S/C21H23N5O2/c1-14-11-16(4-6-19(14)28-17-5-3-15(2)22-12-17)25-21-20-18(23-13-24-21)7-8-26(20)9-10-27/h3-6,11-13,27H,7-10H2,1-2H3,(H,23,24,25). The molecule has 1 aliphatic heterocycles. The molecule has 1 aliphatic rings. The van der Waals surface area contributed by atoms with Crippen molar-refractivity contribution in [1.29, 1.82) is 0 Å². The Bertz CT molecular complexity index is 973. The first kappa shape index (κ1) is 18.2. The second-order valence-electron chi connectivity index (χ2n) is 6.82. The number of rotatable bonds is 6. The lowest BCUT2D eigenvalue weighted by Gasteiger charge is -2.20. The monoisotopic (exact) mass is 377 g/mol. The summed E-state index contributed by atoms with van der Waals surface area (Å²) in [5.41, 5.74) is 4.86. The van der Waals surface area contributed by atoms with Gasteiger partial charge < -0.3 is 20.1 Å². The van der Waals surface area contributed by atoms with Gasteiger partial charge in [0, 0.05) is 30.9 Å². The molecule has 0 radical (unpaired) electrons. The van der Waals surface area contributed by atoms with E-state index in [1.54, 1.807) is 12.5 Å². The van der Waals surface area contributed by atoms with Crippen LogP contribution < -0.4 is 15.0 Å².